The van der Waals surface area contributed by atoms with E-state index in [1.165, 1.54) is 13.1 Å². The summed E-state index contributed by atoms with van der Waals surface area (Å²) in [7, 11) is -3.80. The number of nitrogens with one attached hydrogen (secondary N) is 2. The zero-order chi connectivity index (χ0) is 17.3. The van der Waals surface area contributed by atoms with E-state index in [2.05, 4.69) is 20.0 Å². The fourth-order valence-corrected chi connectivity index (χ4v) is 4.29. The van der Waals surface area contributed by atoms with Crippen molar-refractivity contribution >= 4 is 49.0 Å². The summed E-state index contributed by atoms with van der Waals surface area (Å²) in [5.74, 6) is -0.309. The average molecular weight is 362 g/mol. The summed E-state index contributed by atoms with van der Waals surface area (Å²) < 4.78 is 27.6. The zero-order valence-electron chi connectivity index (χ0n) is 12.9. The first-order valence-corrected chi connectivity index (χ1v) is 9.28. The Hall–Kier alpha value is -2.52. The van der Waals surface area contributed by atoms with Gasteiger partial charge in [0.15, 0.2) is 9.34 Å². The molecule has 0 saturated heterocycles. The summed E-state index contributed by atoms with van der Waals surface area (Å²) in [6.45, 7) is 3.20. The highest BCUT2D eigenvalue weighted by molar-refractivity contribution is 7.94. The number of carbonyl (C=O) groups excluding carboxylic acids is 1. The maximum absolute atomic E-state index is 12.5. The van der Waals surface area contributed by atoms with Crippen molar-refractivity contribution in [2.75, 3.05) is 10.0 Å². The number of thiazole rings is 1. The van der Waals surface area contributed by atoms with Crippen LogP contribution >= 0.6 is 11.3 Å². The third-order valence-corrected chi connectivity index (χ3v) is 5.89. The molecule has 0 fully saturated rings. The molecule has 3 aromatic rings. The number of hydrogen-bond donors (Lipinski definition) is 2. The molecule has 7 nitrogen and oxygen atoms in total. The van der Waals surface area contributed by atoms with Gasteiger partial charge in [0.2, 0.25) is 5.91 Å². The molecule has 2 N–H and O–H groups in total. The van der Waals surface area contributed by atoms with Crippen LogP contribution < -0.4 is 10.0 Å². The molecule has 0 aliphatic carbocycles. The Morgan fingerprint density at radius 2 is 2.00 bits per heavy atom. The number of aromatic nitrogens is 2. The SMILES string of the molecule is CC(=O)Nc1ncc(S(=O)(=O)Nc2cccc3nc(C)ccc23)s1. The Labute approximate surface area is 142 Å². The Balaban J connectivity index is 1.95. The number of hydrogen-bond acceptors (Lipinski definition) is 6. The van der Waals surface area contributed by atoms with Crippen LogP contribution in [0.2, 0.25) is 0 Å². The van der Waals surface area contributed by atoms with Crippen LogP contribution in [0.25, 0.3) is 10.9 Å². The number of rotatable bonds is 4. The van der Waals surface area contributed by atoms with Crippen LogP contribution in [-0.2, 0) is 14.8 Å². The fraction of sp³-hybridized carbons (Fsp3) is 0.133. The summed E-state index contributed by atoms with van der Waals surface area (Å²) in [6, 6.07) is 8.88. The first-order valence-electron chi connectivity index (χ1n) is 6.98. The highest BCUT2D eigenvalue weighted by atomic mass is 32.2. The molecular weight excluding hydrogens is 348 g/mol. The second-order valence-electron chi connectivity index (χ2n) is 5.10. The normalized spacial score (nSPS) is 11.4. The number of anilines is 2. The minimum atomic E-state index is -3.80. The minimum absolute atomic E-state index is 0.0170. The van der Waals surface area contributed by atoms with E-state index in [4.69, 9.17) is 0 Å². The topological polar surface area (TPSA) is 101 Å². The highest BCUT2D eigenvalue weighted by Crippen LogP contribution is 2.28. The van der Waals surface area contributed by atoms with Crippen LogP contribution in [0, 0.1) is 6.92 Å². The summed E-state index contributed by atoms with van der Waals surface area (Å²) in [5.41, 5.74) is 2.00. The molecule has 0 aliphatic rings. The molecule has 0 saturated carbocycles. The number of amides is 1. The molecule has 0 spiro atoms. The Morgan fingerprint density at radius 1 is 1.21 bits per heavy atom. The van der Waals surface area contributed by atoms with Crippen LogP contribution in [0.15, 0.2) is 40.7 Å². The molecule has 1 amide bonds. The number of fused-ring (bicyclic) bond motifs is 1. The van der Waals surface area contributed by atoms with Gasteiger partial charge in [0, 0.05) is 18.0 Å². The van der Waals surface area contributed by atoms with Crippen LogP contribution in [0.5, 0.6) is 0 Å². The van der Waals surface area contributed by atoms with E-state index in [-0.39, 0.29) is 15.2 Å². The number of pyridine rings is 1. The predicted octanol–water partition coefficient (Wildman–Crippen LogP) is 2.76. The van der Waals surface area contributed by atoms with Gasteiger partial charge in [-0.1, -0.05) is 17.4 Å². The maximum Gasteiger partial charge on any atom is 0.273 e. The lowest BCUT2D eigenvalue weighted by atomic mass is 10.2. The first kappa shape index (κ1) is 16.3. The van der Waals surface area contributed by atoms with Crippen molar-refractivity contribution in [2.45, 2.75) is 18.1 Å². The van der Waals surface area contributed by atoms with Gasteiger partial charge in [0.1, 0.15) is 0 Å². The Bertz CT molecular complexity index is 1030. The molecule has 1 aromatic carbocycles. The van der Waals surface area contributed by atoms with Crippen LogP contribution in [0.1, 0.15) is 12.6 Å². The molecule has 2 aromatic heterocycles. The summed E-state index contributed by atoms with van der Waals surface area (Å²) >= 11 is 0.886. The molecule has 0 aliphatic heterocycles. The van der Waals surface area contributed by atoms with Gasteiger partial charge in [-0.2, -0.15) is 0 Å². The molecule has 124 valence electrons. The van der Waals surface area contributed by atoms with Crippen molar-refractivity contribution in [2.24, 2.45) is 0 Å². The first-order chi connectivity index (χ1) is 11.3. The van der Waals surface area contributed by atoms with Gasteiger partial charge >= 0.3 is 0 Å². The average Bonchev–Trinajstić information content (AvgIpc) is 2.95. The Kier molecular flexibility index (Phi) is 4.20. The minimum Gasteiger partial charge on any atom is -0.302 e. The largest absolute Gasteiger partial charge is 0.302 e. The molecule has 0 unspecified atom stereocenters. The standard InChI is InChI=1S/C15H14N4O3S2/c1-9-6-7-11-12(17-9)4-3-5-13(11)19-24(21,22)14-8-16-15(23-14)18-10(2)20/h3-8,19H,1-2H3,(H,16,18,20). The van der Waals surface area contributed by atoms with Gasteiger partial charge in [0.25, 0.3) is 10.0 Å². The van der Waals surface area contributed by atoms with Gasteiger partial charge in [-0.05, 0) is 31.2 Å². The summed E-state index contributed by atoms with van der Waals surface area (Å²) in [6.07, 6.45) is 1.21. The van der Waals surface area contributed by atoms with E-state index < -0.39 is 10.0 Å². The van der Waals surface area contributed by atoms with Gasteiger partial charge < -0.3 is 5.32 Å². The fourth-order valence-electron chi connectivity index (χ4n) is 2.13. The van der Waals surface area contributed by atoms with Crippen molar-refractivity contribution in [1.82, 2.24) is 9.97 Å². The lowest BCUT2D eigenvalue weighted by Gasteiger charge is -2.09. The van der Waals surface area contributed by atoms with E-state index >= 15 is 0 Å². The molecular formula is C15H14N4O3S2. The Morgan fingerprint density at radius 3 is 2.75 bits per heavy atom. The number of nitrogens with zero attached hydrogens (tertiary/aromatic N) is 2. The monoisotopic (exact) mass is 362 g/mol. The van der Waals surface area contributed by atoms with E-state index in [1.54, 1.807) is 12.1 Å². The summed E-state index contributed by atoms with van der Waals surface area (Å²) in [5, 5.41) is 3.40. The van der Waals surface area contributed by atoms with E-state index in [1.807, 2.05) is 25.1 Å². The quantitative estimate of drug-likeness (QED) is 0.743. The van der Waals surface area contributed by atoms with E-state index in [9.17, 15) is 13.2 Å². The van der Waals surface area contributed by atoms with Gasteiger partial charge in [-0.25, -0.2) is 13.4 Å². The molecule has 3 rings (SSSR count). The lowest BCUT2D eigenvalue weighted by molar-refractivity contribution is -0.114. The predicted molar refractivity (Wildman–Crippen MR) is 93.7 cm³/mol. The molecule has 0 atom stereocenters. The van der Waals surface area contributed by atoms with E-state index in [0.29, 0.717) is 16.6 Å². The second-order valence-corrected chi connectivity index (χ2v) is 8.04. The molecule has 0 bridgehead atoms. The van der Waals surface area contributed by atoms with Gasteiger partial charge in [-0.3, -0.25) is 14.5 Å². The number of sulfonamides is 1. The molecule has 24 heavy (non-hydrogen) atoms. The van der Waals surface area contributed by atoms with Crippen LogP contribution in [0.4, 0.5) is 10.8 Å². The van der Waals surface area contributed by atoms with Crippen molar-refractivity contribution in [3.8, 4) is 0 Å². The smallest absolute Gasteiger partial charge is 0.273 e. The van der Waals surface area contributed by atoms with Crippen molar-refractivity contribution in [1.29, 1.82) is 0 Å². The van der Waals surface area contributed by atoms with Gasteiger partial charge in [-0.15, -0.1) is 0 Å². The van der Waals surface area contributed by atoms with Crippen molar-refractivity contribution < 1.29 is 13.2 Å². The second kappa shape index (κ2) is 6.17. The number of aryl methyl sites for hydroxylation is 1. The van der Waals surface area contributed by atoms with Crippen LogP contribution in [0.3, 0.4) is 0 Å². The molecule has 9 heteroatoms. The van der Waals surface area contributed by atoms with Gasteiger partial charge in [0.05, 0.1) is 17.4 Å². The number of benzene rings is 1. The molecule has 2 heterocycles. The van der Waals surface area contributed by atoms with Crippen molar-refractivity contribution in [3.63, 3.8) is 0 Å². The number of carbonyl (C=O) groups is 1. The third-order valence-electron chi connectivity index (χ3n) is 3.15. The summed E-state index contributed by atoms with van der Waals surface area (Å²) in [4.78, 5) is 19.3. The lowest BCUT2D eigenvalue weighted by Crippen LogP contribution is -2.11. The highest BCUT2D eigenvalue weighted by Gasteiger charge is 2.19. The molecule has 0 radical (unpaired) electrons. The third kappa shape index (κ3) is 3.36. The maximum atomic E-state index is 12.5. The zero-order valence-corrected chi connectivity index (χ0v) is 14.5. The van der Waals surface area contributed by atoms with Crippen LogP contribution in [-0.4, -0.2) is 24.3 Å². The van der Waals surface area contributed by atoms with Crippen molar-refractivity contribution in [3.05, 3.63) is 42.2 Å². The van der Waals surface area contributed by atoms with E-state index in [0.717, 1.165) is 17.0 Å².